The molecule has 0 spiro atoms. The number of nitrogen functional groups attached to an aromatic ring is 1. The van der Waals surface area contributed by atoms with E-state index >= 15 is 0 Å². The number of ether oxygens (including phenoxy) is 1. The molecule has 5 nitrogen and oxygen atoms in total. The van der Waals surface area contributed by atoms with Crippen LogP contribution in [0.1, 0.15) is 37.4 Å². The van der Waals surface area contributed by atoms with Gasteiger partial charge >= 0.3 is 0 Å². The summed E-state index contributed by atoms with van der Waals surface area (Å²) in [5, 5.41) is 4.07. The highest BCUT2D eigenvalue weighted by atomic mass is 32.1. The van der Waals surface area contributed by atoms with Crippen LogP contribution >= 0.6 is 11.3 Å². The van der Waals surface area contributed by atoms with Gasteiger partial charge in [-0.15, -0.1) is 11.3 Å². The van der Waals surface area contributed by atoms with Crippen LogP contribution in [-0.4, -0.2) is 37.6 Å². The largest absolute Gasteiger partial charge is 0.486 e. The average molecular weight is 311 g/mol. The SMILES string of the molecule is CC(C)=CCNc1sc(C(=O)N(C)C)c(N)c1OC(C)C. The van der Waals surface area contributed by atoms with Crippen molar-refractivity contribution in [3.8, 4) is 5.75 Å². The van der Waals surface area contributed by atoms with Gasteiger partial charge in [0.2, 0.25) is 0 Å². The molecule has 0 aliphatic heterocycles. The zero-order valence-electron chi connectivity index (χ0n) is 13.6. The van der Waals surface area contributed by atoms with E-state index in [0.29, 0.717) is 22.9 Å². The lowest BCUT2D eigenvalue weighted by Crippen LogP contribution is -2.21. The summed E-state index contributed by atoms with van der Waals surface area (Å²) < 4.78 is 5.78. The number of thiophene rings is 1. The van der Waals surface area contributed by atoms with Crippen LogP contribution in [0, 0.1) is 0 Å². The molecule has 1 rings (SSSR count). The van der Waals surface area contributed by atoms with E-state index in [1.807, 2.05) is 27.7 Å². The molecule has 0 aromatic carbocycles. The predicted molar refractivity (Wildman–Crippen MR) is 90.4 cm³/mol. The Morgan fingerprint density at radius 2 is 2.05 bits per heavy atom. The molecule has 0 saturated carbocycles. The Morgan fingerprint density at radius 3 is 2.52 bits per heavy atom. The molecule has 0 saturated heterocycles. The van der Waals surface area contributed by atoms with Gasteiger partial charge in [-0.1, -0.05) is 11.6 Å². The molecule has 21 heavy (non-hydrogen) atoms. The molecule has 0 aliphatic carbocycles. The second kappa shape index (κ2) is 7.36. The zero-order chi connectivity index (χ0) is 16.2. The van der Waals surface area contributed by atoms with Gasteiger partial charge in [0.25, 0.3) is 5.91 Å². The summed E-state index contributed by atoms with van der Waals surface area (Å²) in [5.74, 6) is 0.462. The van der Waals surface area contributed by atoms with Gasteiger partial charge in [-0.3, -0.25) is 4.79 Å². The number of hydrogen-bond acceptors (Lipinski definition) is 5. The van der Waals surface area contributed by atoms with Crippen LogP contribution in [0.3, 0.4) is 0 Å². The fourth-order valence-corrected chi connectivity index (χ4v) is 2.69. The predicted octanol–water partition coefficient (Wildman–Crippen LogP) is 3.20. The number of nitrogens with two attached hydrogens (primary N) is 1. The Labute approximate surface area is 130 Å². The molecule has 0 bridgehead atoms. The highest BCUT2D eigenvalue weighted by Crippen LogP contribution is 2.43. The summed E-state index contributed by atoms with van der Waals surface area (Å²) >= 11 is 1.33. The van der Waals surface area contributed by atoms with Crippen molar-refractivity contribution in [2.75, 3.05) is 31.7 Å². The number of amides is 1. The highest BCUT2D eigenvalue weighted by molar-refractivity contribution is 7.19. The minimum absolute atomic E-state index is 0.00629. The summed E-state index contributed by atoms with van der Waals surface area (Å²) in [6.07, 6.45) is 2.07. The summed E-state index contributed by atoms with van der Waals surface area (Å²) in [4.78, 5) is 14.2. The third-order valence-corrected chi connectivity index (χ3v) is 3.76. The normalized spacial score (nSPS) is 10.4. The first-order valence-corrected chi connectivity index (χ1v) is 7.73. The maximum Gasteiger partial charge on any atom is 0.265 e. The van der Waals surface area contributed by atoms with Gasteiger partial charge in [-0.05, 0) is 27.7 Å². The van der Waals surface area contributed by atoms with E-state index in [9.17, 15) is 4.79 Å². The molecular formula is C15H25N3O2S. The fraction of sp³-hybridized carbons (Fsp3) is 0.533. The summed E-state index contributed by atoms with van der Waals surface area (Å²) in [6, 6.07) is 0. The average Bonchev–Trinajstić information content (AvgIpc) is 2.65. The van der Waals surface area contributed by atoms with Crippen molar-refractivity contribution in [2.24, 2.45) is 0 Å². The van der Waals surface area contributed by atoms with E-state index in [-0.39, 0.29) is 12.0 Å². The van der Waals surface area contributed by atoms with Gasteiger partial charge in [0.05, 0.1) is 6.10 Å². The first-order chi connectivity index (χ1) is 9.73. The molecule has 0 radical (unpaired) electrons. The van der Waals surface area contributed by atoms with Gasteiger partial charge in [-0.25, -0.2) is 0 Å². The molecular weight excluding hydrogens is 286 g/mol. The van der Waals surface area contributed by atoms with E-state index in [0.717, 1.165) is 5.00 Å². The second-order valence-electron chi connectivity index (χ2n) is 5.53. The quantitative estimate of drug-likeness (QED) is 0.792. The molecule has 1 amide bonds. The number of hydrogen-bond donors (Lipinski definition) is 2. The van der Waals surface area contributed by atoms with E-state index in [1.54, 1.807) is 14.1 Å². The molecule has 6 heteroatoms. The summed E-state index contributed by atoms with van der Waals surface area (Å²) in [7, 11) is 3.42. The van der Waals surface area contributed by atoms with Crippen LogP contribution in [-0.2, 0) is 0 Å². The van der Waals surface area contributed by atoms with Crippen LogP contribution in [0.4, 0.5) is 10.7 Å². The van der Waals surface area contributed by atoms with Gasteiger partial charge in [0, 0.05) is 20.6 Å². The summed E-state index contributed by atoms with van der Waals surface area (Å²) in [5.41, 5.74) is 7.74. The maximum absolute atomic E-state index is 12.2. The van der Waals surface area contributed by atoms with Gasteiger partial charge in [-0.2, -0.15) is 0 Å². The Hall–Kier alpha value is -1.69. The smallest absolute Gasteiger partial charge is 0.265 e. The van der Waals surface area contributed by atoms with E-state index in [4.69, 9.17) is 10.5 Å². The topological polar surface area (TPSA) is 67.6 Å². The number of rotatable bonds is 6. The van der Waals surface area contributed by atoms with Crippen molar-refractivity contribution >= 4 is 27.9 Å². The molecule has 3 N–H and O–H groups in total. The van der Waals surface area contributed by atoms with Crippen molar-refractivity contribution in [3.63, 3.8) is 0 Å². The first kappa shape index (κ1) is 17.4. The summed E-state index contributed by atoms with van der Waals surface area (Å²) in [6.45, 7) is 8.62. The van der Waals surface area contributed by atoms with Crippen LogP contribution in [0.15, 0.2) is 11.6 Å². The molecule has 1 aromatic heterocycles. The fourth-order valence-electron chi connectivity index (χ4n) is 1.61. The van der Waals surface area contributed by atoms with E-state index < -0.39 is 0 Å². The number of nitrogens with zero attached hydrogens (tertiary/aromatic N) is 1. The second-order valence-corrected chi connectivity index (χ2v) is 6.55. The molecule has 0 aliphatic rings. The highest BCUT2D eigenvalue weighted by Gasteiger charge is 2.23. The van der Waals surface area contributed by atoms with Crippen molar-refractivity contribution < 1.29 is 9.53 Å². The third-order valence-electron chi connectivity index (χ3n) is 2.63. The van der Waals surface area contributed by atoms with Crippen LogP contribution < -0.4 is 15.8 Å². The Morgan fingerprint density at radius 1 is 1.43 bits per heavy atom. The third kappa shape index (κ3) is 4.67. The minimum atomic E-state index is -0.110. The van der Waals surface area contributed by atoms with E-state index in [2.05, 4.69) is 11.4 Å². The van der Waals surface area contributed by atoms with Gasteiger partial charge in [0.1, 0.15) is 15.6 Å². The number of carbonyl (C=O) groups excluding carboxylic acids is 1. The first-order valence-electron chi connectivity index (χ1n) is 6.91. The Balaban J connectivity index is 3.11. The zero-order valence-corrected chi connectivity index (χ0v) is 14.4. The standard InChI is InChI=1S/C15H25N3O2S/c1-9(2)7-8-17-14-12(20-10(3)4)11(16)13(21-14)15(19)18(5)6/h7,10,17H,8,16H2,1-6H3. The van der Waals surface area contributed by atoms with Gasteiger partial charge < -0.3 is 20.7 Å². The molecule has 0 fully saturated rings. The van der Waals surface area contributed by atoms with Crippen molar-refractivity contribution in [1.29, 1.82) is 0 Å². The van der Waals surface area contributed by atoms with Gasteiger partial charge in [0.15, 0.2) is 5.75 Å². The molecule has 1 aromatic rings. The number of anilines is 2. The van der Waals surface area contributed by atoms with Crippen LogP contribution in [0.2, 0.25) is 0 Å². The minimum Gasteiger partial charge on any atom is -0.486 e. The van der Waals surface area contributed by atoms with Crippen LogP contribution in [0.5, 0.6) is 5.75 Å². The lowest BCUT2D eigenvalue weighted by molar-refractivity contribution is 0.0832. The Kier molecular flexibility index (Phi) is 6.08. The molecule has 0 unspecified atom stereocenters. The van der Waals surface area contributed by atoms with Crippen molar-refractivity contribution in [1.82, 2.24) is 4.90 Å². The number of allylic oxidation sites excluding steroid dienone is 1. The lowest BCUT2D eigenvalue weighted by Gasteiger charge is -2.12. The maximum atomic E-state index is 12.2. The Bertz CT molecular complexity index is 529. The monoisotopic (exact) mass is 311 g/mol. The van der Waals surface area contributed by atoms with E-state index in [1.165, 1.54) is 21.8 Å². The molecule has 0 atom stereocenters. The van der Waals surface area contributed by atoms with Crippen molar-refractivity contribution in [3.05, 3.63) is 16.5 Å². The molecule has 118 valence electrons. The lowest BCUT2D eigenvalue weighted by atomic mass is 10.3. The number of carbonyl (C=O) groups is 1. The molecule has 1 heterocycles. The van der Waals surface area contributed by atoms with Crippen molar-refractivity contribution in [2.45, 2.75) is 33.8 Å². The van der Waals surface area contributed by atoms with Crippen LogP contribution in [0.25, 0.3) is 0 Å². The number of nitrogens with one attached hydrogen (secondary N) is 1.